The Morgan fingerprint density at radius 3 is 2.50 bits per heavy atom. The predicted octanol–water partition coefficient (Wildman–Crippen LogP) is 3.00. The molecule has 3 nitrogen and oxygen atoms in total. The maximum absolute atomic E-state index is 10.9. The van der Waals surface area contributed by atoms with Gasteiger partial charge in [0.25, 0.3) is 0 Å². The monoisotopic (exact) mass is 220 g/mol. The fourth-order valence-corrected chi connectivity index (χ4v) is 0.873. The van der Waals surface area contributed by atoms with Gasteiger partial charge in [-0.05, 0) is 18.6 Å². The summed E-state index contributed by atoms with van der Waals surface area (Å²) in [5.41, 5.74) is 0.945. The van der Waals surface area contributed by atoms with Gasteiger partial charge in [0, 0.05) is 6.08 Å². The van der Waals surface area contributed by atoms with Crippen molar-refractivity contribution in [1.29, 1.82) is 0 Å². The Morgan fingerprint density at radius 1 is 1.31 bits per heavy atom. The van der Waals surface area contributed by atoms with Crippen molar-refractivity contribution in [3.05, 3.63) is 55.1 Å². The van der Waals surface area contributed by atoms with E-state index in [1.165, 1.54) is 6.08 Å². The van der Waals surface area contributed by atoms with E-state index in [9.17, 15) is 4.79 Å². The lowest BCUT2D eigenvalue weighted by molar-refractivity contribution is -0.264. The van der Waals surface area contributed by atoms with E-state index in [1.807, 2.05) is 30.3 Å². The van der Waals surface area contributed by atoms with Crippen LogP contribution in [-0.2, 0) is 14.6 Å². The minimum atomic E-state index is -0.504. The lowest BCUT2D eigenvalue weighted by Gasteiger charge is -1.95. The number of hydrogen-bond acceptors (Lipinski definition) is 3. The summed E-state index contributed by atoms with van der Waals surface area (Å²) in [5, 5.41) is 0. The predicted molar refractivity (Wildman–Crippen MR) is 64.4 cm³/mol. The third-order valence-electron chi connectivity index (χ3n) is 1.47. The molecule has 3 heteroatoms. The average Bonchev–Trinajstić information content (AvgIpc) is 2.37. The smallest absolute Gasteiger partial charge is 0.294 e. The summed E-state index contributed by atoms with van der Waals surface area (Å²) in [6.45, 7) is 8.10. The van der Waals surface area contributed by atoms with E-state index in [0.717, 1.165) is 5.56 Å². The third-order valence-corrected chi connectivity index (χ3v) is 1.47. The molecule has 1 rings (SSSR count). The van der Waals surface area contributed by atoms with E-state index in [-0.39, 0.29) is 0 Å². The fourth-order valence-electron chi connectivity index (χ4n) is 0.873. The van der Waals surface area contributed by atoms with E-state index in [2.05, 4.69) is 22.9 Å². The topological polar surface area (TPSA) is 35.5 Å². The molecule has 0 spiro atoms. The largest absolute Gasteiger partial charge is 0.365 e. The van der Waals surface area contributed by atoms with E-state index in [1.54, 1.807) is 13.0 Å². The molecule has 16 heavy (non-hydrogen) atoms. The normalized spacial score (nSPS) is 9.31. The van der Waals surface area contributed by atoms with Crippen molar-refractivity contribution >= 4 is 12.0 Å². The molecular weight excluding hydrogens is 204 g/mol. The highest BCUT2D eigenvalue weighted by molar-refractivity contribution is 5.86. The van der Waals surface area contributed by atoms with Gasteiger partial charge in [0.2, 0.25) is 0 Å². The molecule has 0 N–H and O–H groups in total. The first-order valence-corrected chi connectivity index (χ1v) is 4.89. The summed E-state index contributed by atoms with van der Waals surface area (Å²) < 4.78 is 0. The molecule has 0 aliphatic carbocycles. The number of hydrogen-bond donors (Lipinski definition) is 0. The zero-order valence-corrected chi connectivity index (χ0v) is 9.39. The van der Waals surface area contributed by atoms with Crippen LogP contribution in [0.5, 0.6) is 0 Å². The van der Waals surface area contributed by atoms with E-state index in [0.29, 0.717) is 6.61 Å². The Kier molecular flexibility index (Phi) is 8.55. The van der Waals surface area contributed by atoms with Crippen molar-refractivity contribution in [2.45, 2.75) is 6.92 Å². The zero-order valence-electron chi connectivity index (χ0n) is 9.39. The second-order valence-electron chi connectivity index (χ2n) is 2.55. The molecule has 0 unspecified atom stereocenters. The number of carbonyl (C=O) groups is 1. The number of benzene rings is 1. The molecule has 0 saturated carbocycles. The van der Waals surface area contributed by atoms with Crippen LogP contribution in [-0.4, -0.2) is 12.6 Å². The van der Waals surface area contributed by atoms with Crippen molar-refractivity contribution < 1.29 is 14.6 Å². The van der Waals surface area contributed by atoms with Gasteiger partial charge in [0.05, 0.1) is 6.61 Å². The molecule has 0 heterocycles. The summed E-state index contributed by atoms with van der Waals surface area (Å²) in [6.07, 6.45) is 2.99. The number of carbonyl (C=O) groups excluding carboxylic acids is 1. The summed E-state index contributed by atoms with van der Waals surface area (Å²) in [5.74, 6) is -0.504. The summed E-state index contributed by atoms with van der Waals surface area (Å²) in [7, 11) is 0. The molecule has 0 saturated heterocycles. The first-order valence-electron chi connectivity index (χ1n) is 4.89. The SMILES string of the molecule is C=C.CCOOC(=O)C=Cc1ccccc1. The van der Waals surface area contributed by atoms with Gasteiger partial charge < -0.3 is 0 Å². The van der Waals surface area contributed by atoms with Crippen molar-refractivity contribution in [2.75, 3.05) is 6.61 Å². The summed E-state index contributed by atoms with van der Waals surface area (Å²) in [4.78, 5) is 19.8. The minimum absolute atomic E-state index is 0.352. The third kappa shape index (κ3) is 6.56. The van der Waals surface area contributed by atoms with Gasteiger partial charge >= 0.3 is 5.97 Å². The molecular formula is C13H16O3. The lowest BCUT2D eigenvalue weighted by atomic mass is 10.2. The maximum Gasteiger partial charge on any atom is 0.365 e. The van der Waals surface area contributed by atoms with Crippen LogP contribution in [0.4, 0.5) is 0 Å². The Hall–Kier alpha value is -1.87. The summed E-state index contributed by atoms with van der Waals surface area (Å²) >= 11 is 0. The maximum atomic E-state index is 10.9. The molecule has 0 aliphatic heterocycles. The molecule has 0 amide bonds. The number of rotatable bonds is 4. The Balaban J connectivity index is 0.00000106. The standard InChI is InChI=1S/C11H12O3.C2H4/c1-2-13-14-11(12)9-8-10-6-4-3-5-7-10;1-2/h3-9H,2H2,1H3;1-2H2. The van der Waals surface area contributed by atoms with Crippen LogP contribution in [0, 0.1) is 0 Å². The lowest BCUT2D eigenvalue weighted by Crippen LogP contribution is -2.00. The van der Waals surface area contributed by atoms with E-state index < -0.39 is 5.97 Å². The highest BCUT2D eigenvalue weighted by Crippen LogP contribution is 2.00. The molecule has 0 fully saturated rings. The average molecular weight is 220 g/mol. The van der Waals surface area contributed by atoms with Crippen molar-refractivity contribution in [1.82, 2.24) is 0 Å². The highest BCUT2D eigenvalue weighted by atomic mass is 17.2. The molecule has 1 aromatic carbocycles. The molecule has 0 aromatic heterocycles. The van der Waals surface area contributed by atoms with Crippen LogP contribution in [0.3, 0.4) is 0 Å². The Bertz CT molecular complexity index is 317. The minimum Gasteiger partial charge on any atom is -0.294 e. The van der Waals surface area contributed by atoms with Crippen molar-refractivity contribution in [2.24, 2.45) is 0 Å². The fraction of sp³-hybridized carbons (Fsp3) is 0.154. The first-order chi connectivity index (χ1) is 7.83. The van der Waals surface area contributed by atoms with Crippen LogP contribution < -0.4 is 0 Å². The Labute approximate surface area is 95.9 Å². The van der Waals surface area contributed by atoms with Crippen LogP contribution in [0.25, 0.3) is 6.08 Å². The van der Waals surface area contributed by atoms with Gasteiger partial charge in [0.15, 0.2) is 0 Å². The molecule has 0 atom stereocenters. The second-order valence-corrected chi connectivity index (χ2v) is 2.55. The van der Waals surface area contributed by atoms with Crippen molar-refractivity contribution in [3.8, 4) is 0 Å². The van der Waals surface area contributed by atoms with Gasteiger partial charge in [-0.3, -0.25) is 4.89 Å². The van der Waals surface area contributed by atoms with Gasteiger partial charge in [-0.25, -0.2) is 4.79 Å². The van der Waals surface area contributed by atoms with Gasteiger partial charge in [-0.1, -0.05) is 30.3 Å². The Morgan fingerprint density at radius 2 is 1.94 bits per heavy atom. The molecule has 0 aliphatic rings. The van der Waals surface area contributed by atoms with E-state index in [4.69, 9.17) is 0 Å². The van der Waals surface area contributed by atoms with Crippen molar-refractivity contribution in [3.63, 3.8) is 0 Å². The van der Waals surface area contributed by atoms with Gasteiger partial charge in [0.1, 0.15) is 0 Å². The van der Waals surface area contributed by atoms with Gasteiger partial charge in [-0.2, -0.15) is 4.89 Å². The second kappa shape index (κ2) is 9.68. The molecule has 0 radical (unpaired) electrons. The highest BCUT2D eigenvalue weighted by Gasteiger charge is 1.95. The van der Waals surface area contributed by atoms with Gasteiger partial charge in [-0.15, -0.1) is 13.2 Å². The van der Waals surface area contributed by atoms with E-state index >= 15 is 0 Å². The first kappa shape index (κ1) is 14.1. The van der Waals surface area contributed by atoms with Crippen LogP contribution in [0.15, 0.2) is 49.6 Å². The molecule has 86 valence electrons. The quantitative estimate of drug-likeness (QED) is 0.338. The molecule has 0 bridgehead atoms. The molecule has 1 aromatic rings. The van der Waals surface area contributed by atoms with Crippen LogP contribution in [0.2, 0.25) is 0 Å². The van der Waals surface area contributed by atoms with Crippen LogP contribution >= 0.6 is 0 Å². The summed E-state index contributed by atoms with van der Waals surface area (Å²) in [6, 6.07) is 9.49. The van der Waals surface area contributed by atoms with Crippen LogP contribution in [0.1, 0.15) is 12.5 Å². The zero-order chi connectivity index (χ0) is 12.2.